The summed E-state index contributed by atoms with van der Waals surface area (Å²) < 4.78 is 0. The molecule has 1 saturated heterocycles. The molecule has 2 amide bonds. The van der Waals surface area contributed by atoms with Gasteiger partial charge in [0.05, 0.1) is 0 Å². The molecular weight excluding hydrogens is 324 g/mol. The van der Waals surface area contributed by atoms with E-state index in [0.29, 0.717) is 25.4 Å². The summed E-state index contributed by atoms with van der Waals surface area (Å²) in [6.45, 7) is 10.7. The molecule has 0 N–H and O–H groups in total. The average Bonchev–Trinajstić information content (AvgIpc) is 2.64. The molecule has 0 aliphatic carbocycles. The largest absolute Gasteiger partial charge is 0.343 e. The van der Waals surface area contributed by atoms with E-state index >= 15 is 0 Å². The highest BCUT2D eigenvalue weighted by Crippen LogP contribution is 2.22. The molecule has 0 spiro atoms. The van der Waals surface area contributed by atoms with E-state index in [-0.39, 0.29) is 23.8 Å². The first-order valence-electron chi connectivity index (χ1n) is 10.0. The van der Waals surface area contributed by atoms with Crippen molar-refractivity contribution in [3.8, 4) is 0 Å². The zero-order valence-corrected chi connectivity index (χ0v) is 16.8. The van der Waals surface area contributed by atoms with E-state index in [4.69, 9.17) is 0 Å². The Bertz CT molecular complexity index is 575. The van der Waals surface area contributed by atoms with Crippen LogP contribution in [0.5, 0.6) is 0 Å². The number of rotatable bonds is 7. The monoisotopic (exact) mass is 358 g/mol. The average molecular weight is 359 g/mol. The summed E-state index contributed by atoms with van der Waals surface area (Å²) in [5, 5.41) is 0. The van der Waals surface area contributed by atoms with Crippen molar-refractivity contribution in [1.82, 2.24) is 9.80 Å². The fourth-order valence-electron chi connectivity index (χ4n) is 3.61. The Kier molecular flexibility index (Phi) is 7.67. The van der Waals surface area contributed by atoms with Gasteiger partial charge in [0, 0.05) is 38.0 Å². The lowest BCUT2D eigenvalue weighted by molar-refractivity contribution is -0.142. The second-order valence-electron chi connectivity index (χ2n) is 8.12. The van der Waals surface area contributed by atoms with Crippen molar-refractivity contribution in [2.75, 3.05) is 19.6 Å². The second-order valence-corrected chi connectivity index (χ2v) is 8.12. The predicted molar refractivity (Wildman–Crippen MR) is 106 cm³/mol. The summed E-state index contributed by atoms with van der Waals surface area (Å²) in [6.07, 6.45) is 2.91. The molecule has 1 fully saturated rings. The van der Waals surface area contributed by atoms with E-state index in [1.54, 1.807) is 0 Å². The summed E-state index contributed by atoms with van der Waals surface area (Å²) in [7, 11) is 0. The smallest absolute Gasteiger partial charge is 0.226 e. The molecule has 26 heavy (non-hydrogen) atoms. The highest BCUT2D eigenvalue weighted by Gasteiger charge is 2.31. The predicted octanol–water partition coefficient (Wildman–Crippen LogP) is 3.75. The van der Waals surface area contributed by atoms with Crippen molar-refractivity contribution in [3.63, 3.8) is 0 Å². The third-order valence-corrected chi connectivity index (χ3v) is 5.14. The first kappa shape index (κ1) is 20.5. The maximum absolute atomic E-state index is 12.9. The Morgan fingerprint density at radius 2 is 1.69 bits per heavy atom. The summed E-state index contributed by atoms with van der Waals surface area (Å²) in [6, 6.07) is 10.4. The SMILES string of the molecule is CC(C)CN(C(=O)C1CCN(C(=O)CCc2ccccc2)CC1)C(C)C. The normalized spacial score (nSPS) is 15.5. The number of hydrogen-bond acceptors (Lipinski definition) is 2. The van der Waals surface area contributed by atoms with Gasteiger partial charge >= 0.3 is 0 Å². The van der Waals surface area contributed by atoms with E-state index < -0.39 is 0 Å². The molecule has 0 unspecified atom stereocenters. The van der Waals surface area contributed by atoms with Crippen LogP contribution >= 0.6 is 0 Å². The Morgan fingerprint density at radius 1 is 1.08 bits per heavy atom. The van der Waals surface area contributed by atoms with Gasteiger partial charge in [0.25, 0.3) is 0 Å². The molecule has 1 heterocycles. The van der Waals surface area contributed by atoms with Crippen molar-refractivity contribution >= 4 is 11.8 Å². The van der Waals surface area contributed by atoms with Crippen molar-refractivity contribution in [1.29, 1.82) is 0 Å². The number of carbonyl (C=O) groups excluding carboxylic acids is 2. The van der Waals surface area contributed by atoms with Gasteiger partial charge in [0.1, 0.15) is 0 Å². The van der Waals surface area contributed by atoms with Crippen LogP contribution in [0.1, 0.15) is 52.5 Å². The van der Waals surface area contributed by atoms with Crippen LogP contribution < -0.4 is 0 Å². The van der Waals surface area contributed by atoms with Crippen molar-refractivity contribution < 1.29 is 9.59 Å². The standard InChI is InChI=1S/C22H34N2O2/c1-17(2)16-24(18(3)4)22(26)20-12-14-23(15-13-20)21(25)11-10-19-8-6-5-7-9-19/h5-9,17-18,20H,10-16H2,1-4H3. The van der Waals surface area contributed by atoms with Crippen molar-refractivity contribution in [3.05, 3.63) is 35.9 Å². The van der Waals surface area contributed by atoms with Gasteiger partial charge in [-0.25, -0.2) is 0 Å². The molecule has 1 aromatic carbocycles. The topological polar surface area (TPSA) is 40.6 Å². The molecule has 0 atom stereocenters. The van der Waals surface area contributed by atoms with Crippen LogP contribution in [0.15, 0.2) is 30.3 Å². The quantitative estimate of drug-likeness (QED) is 0.745. The molecule has 4 nitrogen and oxygen atoms in total. The van der Waals surface area contributed by atoms with Gasteiger partial charge < -0.3 is 9.80 Å². The lowest BCUT2D eigenvalue weighted by atomic mass is 9.94. The van der Waals surface area contributed by atoms with E-state index in [1.807, 2.05) is 28.0 Å². The molecule has 1 aromatic rings. The highest BCUT2D eigenvalue weighted by atomic mass is 16.2. The van der Waals surface area contributed by atoms with Crippen LogP contribution in [0, 0.1) is 11.8 Å². The number of piperidine rings is 1. The van der Waals surface area contributed by atoms with Crippen LogP contribution in [-0.2, 0) is 16.0 Å². The highest BCUT2D eigenvalue weighted by molar-refractivity contribution is 5.80. The second kappa shape index (κ2) is 9.75. The lowest BCUT2D eigenvalue weighted by Crippen LogP contribution is -2.47. The Labute approximate surface area is 158 Å². The van der Waals surface area contributed by atoms with E-state index in [9.17, 15) is 9.59 Å². The van der Waals surface area contributed by atoms with Gasteiger partial charge in [0.2, 0.25) is 11.8 Å². The number of likely N-dealkylation sites (tertiary alicyclic amines) is 1. The molecular formula is C22H34N2O2. The molecule has 0 bridgehead atoms. The van der Waals surface area contributed by atoms with Gasteiger partial charge in [-0.1, -0.05) is 44.2 Å². The number of nitrogens with zero attached hydrogens (tertiary/aromatic N) is 2. The summed E-state index contributed by atoms with van der Waals surface area (Å²) >= 11 is 0. The minimum absolute atomic E-state index is 0.0642. The van der Waals surface area contributed by atoms with E-state index in [0.717, 1.165) is 25.8 Å². The van der Waals surface area contributed by atoms with Gasteiger partial charge in [-0.2, -0.15) is 0 Å². The molecule has 0 radical (unpaired) electrons. The van der Waals surface area contributed by atoms with Crippen LogP contribution in [0.25, 0.3) is 0 Å². The molecule has 1 aliphatic heterocycles. The Balaban J connectivity index is 1.82. The summed E-state index contributed by atoms with van der Waals surface area (Å²) in [4.78, 5) is 29.3. The van der Waals surface area contributed by atoms with Crippen LogP contribution in [0.3, 0.4) is 0 Å². The minimum Gasteiger partial charge on any atom is -0.343 e. The zero-order chi connectivity index (χ0) is 19.1. The van der Waals surface area contributed by atoms with Crippen LogP contribution in [0.2, 0.25) is 0 Å². The van der Waals surface area contributed by atoms with Crippen LogP contribution in [0.4, 0.5) is 0 Å². The lowest BCUT2D eigenvalue weighted by Gasteiger charge is -2.36. The fourth-order valence-corrected chi connectivity index (χ4v) is 3.61. The van der Waals surface area contributed by atoms with Gasteiger partial charge in [-0.15, -0.1) is 0 Å². The Morgan fingerprint density at radius 3 is 2.23 bits per heavy atom. The third-order valence-electron chi connectivity index (χ3n) is 5.14. The number of carbonyl (C=O) groups is 2. The minimum atomic E-state index is 0.0642. The Hall–Kier alpha value is -1.84. The third kappa shape index (κ3) is 5.86. The van der Waals surface area contributed by atoms with Gasteiger partial charge in [0.15, 0.2) is 0 Å². The van der Waals surface area contributed by atoms with E-state index in [2.05, 4.69) is 39.8 Å². The van der Waals surface area contributed by atoms with Crippen LogP contribution in [-0.4, -0.2) is 47.3 Å². The number of hydrogen-bond donors (Lipinski definition) is 0. The van der Waals surface area contributed by atoms with Crippen molar-refractivity contribution in [2.45, 2.75) is 59.4 Å². The van der Waals surface area contributed by atoms with E-state index in [1.165, 1.54) is 5.56 Å². The molecule has 0 saturated carbocycles. The summed E-state index contributed by atoms with van der Waals surface area (Å²) in [5.74, 6) is 1.02. The fraction of sp³-hybridized carbons (Fsp3) is 0.636. The first-order chi connectivity index (χ1) is 12.4. The maximum atomic E-state index is 12.9. The number of amides is 2. The molecule has 144 valence electrons. The van der Waals surface area contributed by atoms with Gasteiger partial charge in [-0.05, 0) is 44.6 Å². The van der Waals surface area contributed by atoms with Crippen molar-refractivity contribution in [2.24, 2.45) is 11.8 Å². The summed E-state index contributed by atoms with van der Waals surface area (Å²) in [5.41, 5.74) is 1.20. The first-order valence-corrected chi connectivity index (χ1v) is 10.0. The zero-order valence-electron chi connectivity index (χ0n) is 16.8. The number of benzene rings is 1. The molecule has 4 heteroatoms. The maximum Gasteiger partial charge on any atom is 0.226 e. The number of aryl methyl sites for hydroxylation is 1. The van der Waals surface area contributed by atoms with Gasteiger partial charge in [-0.3, -0.25) is 9.59 Å². The molecule has 0 aromatic heterocycles. The molecule has 2 rings (SSSR count). The molecule has 1 aliphatic rings.